The highest BCUT2D eigenvalue weighted by Crippen LogP contribution is 2.23. The molecule has 0 radical (unpaired) electrons. The van der Waals surface area contributed by atoms with Gasteiger partial charge in [-0.05, 0) is 43.4 Å². The molecule has 0 aromatic heterocycles. The molecule has 0 spiro atoms. The first kappa shape index (κ1) is 17.3. The van der Waals surface area contributed by atoms with Crippen LogP contribution in [0.15, 0.2) is 53.4 Å². The van der Waals surface area contributed by atoms with E-state index in [4.69, 9.17) is 16.3 Å². The minimum absolute atomic E-state index is 0.116. The van der Waals surface area contributed by atoms with Crippen molar-refractivity contribution in [2.45, 2.75) is 4.90 Å². The molecular formula is C15H15ClN2O4S. The van der Waals surface area contributed by atoms with Gasteiger partial charge in [-0.1, -0.05) is 23.7 Å². The Morgan fingerprint density at radius 1 is 1.13 bits per heavy atom. The molecule has 0 atom stereocenters. The molecule has 0 saturated heterocycles. The summed E-state index contributed by atoms with van der Waals surface area (Å²) >= 11 is 5.92. The van der Waals surface area contributed by atoms with Gasteiger partial charge in [0.05, 0.1) is 9.92 Å². The number of para-hydroxylation sites is 1. The lowest BCUT2D eigenvalue weighted by molar-refractivity contribution is -0.118. The summed E-state index contributed by atoms with van der Waals surface area (Å²) in [4.78, 5) is 11.9. The van der Waals surface area contributed by atoms with Gasteiger partial charge in [0.1, 0.15) is 5.75 Å². The minimum Gasteiger partial charge on any atom is -0.482 e. The van der Waals surface area contributed by atoms with Gasteiger partial charge in [-0.2, -0.15) is 0 Å². The van der Waals surface area contributed by atoms with E-state index in [1.165, 1.54) is 31.3 Å². The van der Waals surface area contributed by atoms with Crippen LogP contribution in [0.1, 0.15) is 0 Å². The van der Waals surface area contributed by atoms with Gasteiger partial charge in [-0.3, -0.25) is 4.79 Å². The Hall–Kier alpha value is -2.09. The number of carbonyl (C=O) groups is 1. The molecule has 2 aromatic carbocycles. The van der Waals surface area contributed by atoms with Gasteiger partial charge in [0.2, 0.25) is 10.0 Å². The van der Waals surface area contributed by atoms with Crippen molar-refractivity contribution in [1.29, 1.82) is 0 Å². The van der Waals surface area contributed by atoms with Crippen LogP contribution in [0.2, 0.25) is 5.02 Å². The number of ether oxygens (including phenoxy) is 1. The maximum atomic E-state index is 11.8. The van der Waals surface area contributed by atoms with Crippen LogP contribution in [-0.4, -0.2) is 28.0 Å². The first-order valence-electron chi connectivity index (χ1n) is 6.63. The minimum atomic E-state index is -3.50. The lowest BCUT2D eigenvalue weighted by Crippen LogP contribution is -2.21. The monoisotopic (exact) mass is 354 g/mol. The van der Waals surface area contributed by atoms with Crippen LogP contribution in [0.4, 0.5) is 5.69 Å². The molecule has 2 aromatic rings. The Morgan fingerprint density at radius 2 is 1.78 bits per heavy atom. The second-order valence-corrected chi connectivity index (χ2v) is 6.79. The van der Waals surface area contributed by atoms with Crippen LogP contribution in [0.25, 0.3) is 0 Å². The fraction of sp³-hybridized carbons (Fsp3) is 0.133. The smallest absolute Gasteiger partial charge is 0.262 e. The standard InChI is InChI=1S/C15H15ClN2O4S/c1-17-23(20,21)12-8-6-11(7-9-12)18-15(19)10-22-14-5-3-2-4-13(14)16/h2-9,17H,10H2,1H3,(H,18,19). The van der Waals surface area contributed by atoms with Crippen molar-refractivity contribution in [1.82, 2.24) is 4.72 Å². The summed E-state index contributed by atoms with van der Waals surface area (Å²) in [6.07, 6.45) is 0. The van der Waals surface area contributed by atoms with E-state index in [0.717, 1.165) is 0 Å². The van der Waals surface area contributed by atoms with Gasteiger partial charge < -0.3 is 10.1 Å². The zero-order chi connectivity index (χ0) is 16.9. The third kappa shape index (κ3) is 4.69. The third-order valence-electron chi connectivity index (χ3n) is 2.91. The Morgan fingerprint density at radius 3 is 2.39 bits per heavy atom. The predicted molar refractivity (Wildman–Crippen MR) is 88.3 cm³/mol. The number of amides is 1. The van der Waals surface area contributed by atoms with Crippen LogP contribution < -0.4 is 14.8 Å². The maximum Gasteiger partial charge on any atom is 0.262 e. The van der Waals surface area contributed by atoms with Gasteiger partial charge >= 0.3 is 0 Å². The SMILES string of the molecule is CNS(=O)(=O)c1ccc(NC(=O)COc2ccccc2Cl)cc1. The molecule has 2 rings (SSSR count). The molecule has 0 aliphatic rings. The molecule has 23 heavy (non-hydrogen) atoms. The van der Waals surface area contributed by atoms with Gasteiger partial charge in [-0.15, -0.1) is 0 Å². The third-order valence-corrected chi connectivity index (χ3v) is 4.65. The summed E-state index contributed by atoms with van der Waals surface area (Å²) < 4.78 is 30.7. The van der Waals surface area contributed by atoms with E-state index < -0.39 is 10.0 Å². The molecule has 2 N–H and O–H groups in total. The summed E-state index contributed by atoms with van der Waals surface area (Å²) in [7, 11) is -2.17. The number of anilines is 1. The zero-order valence-electron chi connectivity index (χ0n) is 12.2. The molecular weight excluding hydrogens is 340 g/mol. The van der Waals surface area contributed by atoms with Gasteiger partial charge in [0, 0.05) is 5.69 Å². The first-order valence-corrected chi connectivity index (χ1v) is 8.49. The molecule has 8 heteroatoms. The summed E-state index contributed by atoms with van der Waals surface area (Å²) in [6.45, 7) is -0.208. The van der Waals surface area contributed by atoms with Gasteiger partial charge in [-0.25, -0.2) is 13.1 Å². The van der Waals surface area contributed by atoms with Crippen molar-refractivity contribution < 1.29 is 17.9 Å². The van der Waals surface area contributed by atoms with Crippen molar-refractivity contribution >= 4 is 33.2 Å². The fourth-order valence-electron chi connectivity index (χ4n) is 1.74. The molecule has 1 amide bonds. The van der Waals surface area contributed by atoms with Crippen molar-refractivity contribution in [2.24, 2.45) is 0 Å². The molecule has 0 aliphatic heterocycles. The molecule has 0 heterocycles. The summed E-state index contributed by atoms with van der Waals surface area (Å²) in [6, 6.07) is 12.6. The normalized spacial score (nSPS) is 11.0. The largest absolute Gasteiger partial charge is 0.482 e. The number of rotatable bonds is 6. The van der Waals surface area contributed by atoms with Crippen LogP contribution in [0.5, 0.6) is 5.75 Å². The highest BCUT2D eigenvalue weighted by Gasteiger charge is 2.11. The number of halogens is 1. The summed E-state index contributed by atoms with van der Waals surface area (Å²) in [5, 5.41) is 3.02. The molecule has 0 saturated carbocycles. The summed E-state index contributed by atoms with van der Waals surface area (Å²) in [5.41, 5.74) is 0.466. The van der Waals surface area contributed by atoms with Crippen molar-refractivity contribution in [3.63, 3.8) is 0 Å². The Labute approximate surface area is 139 Å². The quantitative estimate of drug-likeness (QED) is 0.833. The van der Waals surface area contributed by atoms with E-state index in [9.17, 15) is 13.2 Å². The molecule has 122 valence electrons. The highest BCUT2D eigenvalue weighted by atomic mass is 35.5. The number of hydrogen-bond acceptors (Lipinski definition) is 4. The Kier molecular flexibility index (Phi) is 5.59. The maximum absolute atomic E-state index is 11.8. The number of nitrogens with one attached hydrogen (secondary N) is 2. The second kappa shape index (κ2) is 7.45. The van der Waals surface area contributed by atoms with Gasteiger partial charge in [0.15, 0.2) is 6.61 Å². The van der Waals surface area contributed by atoms with E-state index >= 15 is 0 Å². The highest BCUT2D eigenvalue weighted by molar-refractivity contribution is 7.89. The lowest BCUT2D eigenvalue weighted by Gasteiger charge is -2.09. The molecule has 6 nitrogen and oxygen atoms in total. The number of benzene rings is 2. The number of carbonyl (C=O) groups excluding carboxylic acids is 1. The molecule has 0 bridgehead atoms. The van der Waals surface area contributed by atoms with Crippen molar-refractivity contribution in [3.8, 4) is 5.75 Å². The Balaban J connectivity index is 1.94. The van der Waals surface area contributed by atoms with E-state index in [0.29, 0.717) is 16.5 Å². The molecule has 0 unspecified atom stereocenters. The topological polar surface area (TPSA) is 84.5 Å². The Bertz CT molecular complexity index is 791. The van der Waals surface area contributed by atoms with Crippen LogP contribution in [-0.2, 0) is 14.8 Å². The van der Waals surface area contributed by atoms with E-state index in [1.807, 2.05) is 0 Å². The number of sulfonamides is 1. The predicted octanol–water partition coefficient (Wildman–Crippen LogP) is 2.27. The summed E-state index contributed by atoms with van der Waals surface area (Å²) in [5.74, 6) is 0.0360. The van der Waals surface area contributed by atoms with Crippen molar-refractivity contribution in [2.75, 3.05) is 19.0 Å². The van der Waals surface area contributed by atoms with Crippen LogP contribution in [0, 0.1) is 0 Å². The van der Waals surface area contributed by atoms with Crippen LogP contribution >= 0.6 is 11.6 Å². The zero-order valence-corrected chi connectivity index (χ0v) is 13.8. The number of hydrogen-bond donors (Lipinski definition) is 2. The van der Waals surface area contributed by atoms with Gasteiger partial charge in [0.25, 0.3) is 5.91 Å². The van der Waals surface area contributed by atoms with Crippen molar-refractivity contribution in [3.05, 3.63) is 53.6 Å². The fourth-order valence-corrected chi connectivity index (χ4v) is 2.66. The van der Waals surface area contributed by atoms with E-state index in [1.54, 1.807) is 24.3 Å². The molecule has 0 aliphatic carbocycles. The second-order valence-electron chi connectivity index (χ2n) is 4.50. The van der Waals surface area contributed by atoms with E-state index in [-0.39, 0.29) is 17.4 Å². The first-order chi connectivity index (χ1) is 10.9. The van der Waals surface area contributed by atoms with E-state index in [2.05, 4.69) is 10.0 Å². The lowest BCUT2D eigenvalue weighted by atomic mass is 10.3. The average Bonchev–Trinajstić information content (AvgIpc) is 2.54. The van der Waals surface area contributed by atoms with Crippen LogP contribution in [0.3, 0.4) is 0 Å². The molecule has 0 fully saturated rings. The average molecular weight is 355 g/mol.